The predicted octanol–water partition coefficient (Wildman–Crippen LogP) is 4.49. The molecule has 0 radical (unpaired) electrons. The van der Waals surface area contributed by atoms with Crippen molar-refractivity contribution in [2.24, 2.45) is 0 Å². The molecule has 112 valence electrons. The average molecular weight is 352 g/mol. The molecule has 0 aliphatic heterocycles. The van der Waals surface area contributed by atoms with Crippen LogP contribution < -0.4 is 10.1 Å². The number of ether oxygens (including phenoxy) is 1. The zero-order valence-corrected chi connectivity index (χ0v) is 13.8. The fraction of sp³-hybridized carbons (Fsp3) is 0.294. The van der Waals surface area contributed by atoms with E-state index in [-0.39, 0.29) is 17.6 Å². The summed E-state index contributed by atoms with van der Waals surface area (Å²) in [6.45, 7) is 2.80. The van der Waals surface area contributed by atoms with Gasteiger partial charge in [0.25, 0.3) is 0 Å². The quantitative estimate of drug-likeness (QED) is 0.827. The van der Waals surface area contributed by atoms with Gasteiger partial charge in [0.2, 0.25) is 0 Å². The molecule has 2 aromatic rings. The van der Waals surface area contributed by atoms with E-state index in [1.807, 2.05) is 43.3 Å². The van der Waals surface area contributed by atoms with Gasteiger partial charge in [-0.15, -0.1) is 0 Å². The van der Waals surface area contributed by atoms with Crippen molar-refractivity contribution < 1.29 is 9.13 Å². The summed E-state index contributed by atoms with van der Waals surface area (Å²) in [5.41, 5.74) is 1.80. The topological polar surface area (TPSA) is 21.3 Å². The molecule has 1 atom stereocenters. The normalized spacial score (nSPS) is 12.2. The van der Waals surface area contributed by atoms with Crippen molar-refractivity contribution in [3.8, 4) is 5.75 Å². The van der Waals surface area contributed by atoms with Crippen LogP contribution in [0.15, 0.2) is 46.9 Å². The van der Waals surface area contributed by atoms with Crippen LogP contribution in [0.3, 0.4) is 0 Å². The lowest BCUT2D eigenvalue weighted by Crippen LogP contribution is -2.24. The molecule has 0 amide bonds. The maximum absolute atomic E-state index is 14.4. The largest absolute Gasteiger partial charge is 0.494 e. The Balaban J connectivity index is 2.28. The highest BCUT2D eigenvalue weighted by atomic mass is 79.9. The third kappa shape index (κ3) is 4.05. The smallest absolute Gasteiger partial charge is 0.169 e. The van der Waals surface area contributed by atoms with Gasteiger partial charge in [-0.1, -0.05) is 47.1 Å². The van der Waals surface area contributed by atoms with Gasteiger partial charge >= 0.3 is 0 Å². The van der Waals surface area contributed by atoms with Gasteiger partial charge in [-0.3, -0.25) is 0 Å². The summed E-state index contributed by atoms with van der Waals surface area (Å²) in [5, 5.41) is 3.35. The molecular weight excluding hydrogens is 333 g/mol. The van der Waals surface area contributed by atoms with Crippen molar-refractivity contribution in [2.45, 2.75) is 19.4 Å². The number of nitrogens with one attached hydrogen (secondary N) is 1. The summed E-state index contributed by atoms with van der Waals surface area (Å²) in [5.74, 6) is -0.00530. The van der Waals surface area contributed by atoms with Crippen LogP contribution in [-0.2, 0) is 6.42 Å². The van der Waals surface area contributed by atoms with Crippen LogP contribution in [0.25, 0.3) is 0 Å². The van der Waals surface area contributed by atoms with Crippen molar-refractivity contribution in [1.29, 1.82) is 0 Å². The Morgan fingerprint density at radius 2 is 1.90 bits per heavy atom. The summed E-state index contributed by atoms with van der Waals surface area (Å²) in [7, 11) is 1.49. The van der Waals surface area contributed by atoms with E-state index in [0.717, 1.165) is 23.0 Å². The number of methoxy groups -OCH3 is 1. The fourth-order valence-corrected chi connectivity index (χ4v) is 2.61. The van der Waals surface area contributed by atoms with Gasteiger partial charge in [0.05, 0.1) is 7.11 Å². The van der Waals surface area contributed by atoms with Crippen molar-refractivity contribution in [3.63, 3.8) is 0 Å². The summed E-state index contributed by atoms with van der Waals surface area (Å²) >= 11 is 3.43. The lowest BCUT2D eigenvalue weighted by Gasteiger charge is -2.20. The SMILES string of the molecule is CCNC(Cc1ccc(Br)cc1)c1cccc(OC)c1F. The molecule has 0 bridgehead atoms. The third-order valence-electron chi connectivity index (χ3n) is 3.39. The molecule has 0 aromatic heterocycles. The number of hydrogen-bond donors (Lipinski definition) is 1. The number of rotatable bonds is 6. The second kappa shape index (κ2) is 7.57. The first kappa shape index (κ1) is 16.0. The molecule has 0 aliphatic rings. The molecule has 0 aliphatic carbocycles. The second-order valence-corrected chi connectivity index (χ2v) is 5.72. The molecule has 21 heavy (non-hydrogen) atoms. The molecule has 0 heterocycles. The monoisotopic (exact) mass is 351 g/mol. The van der Waals surface area contributed by atoms with E-state index in [0.29, 0.717) is 5.56 Å². The molecule has 2 nitrogen and oxygen atoms in total. The minimum atomic E-state index is -0.289. The predicted molar refractivity (Wildman–Crippen MR) is 87.2 cm³/mol. The van der Waals surface area contributed by atoms with Crippen LogP contribution in [0.4, 0.5) is 4.39 Å². The van der Waals surface area contributed by atoms with Crippen LogP contribution in [0.5, 0.6) is 5.75 Å². The summed E-state index contributed by atoms with van der Waals surface area (Å²) in [6, 6.07) is 13.3. The van der Waals surface area contributed by atoms with Crippen LogP contribution in [0.1, 0.15) is 24.1 Å². The Bertz CT molecular complexity index is 586. The highest BCUT2D eigenvalue weighted by molar-refractivity contribution is 9.10. The Kier molecular flexibility index (Phi) is 5.76. The van der Waals surface area contributed by atoms with Crippen molar-refractivity contribution in [2.75, 3.05) is 13.7 Å². The van der Waals surface area contributed by atoms with Gasteiger partial charge in [0.15, 0.2) is 11.6 Å². The van der Waals surface area contributed by atoms with Crippen LogP contribution in [-0.4, -0.2) is 13.7 Å². The average Bonchev–Trinajstić information content (AvgIpc) is 2.49. The van der Waals surface area contributed by atoms with Gasteiger partial charge in [-0.25, -0.2) is 4.39 Å². The second-order valence-electron chi connectivity index (χ2n) is 4.80. The Morgan fingerprint density at radius 1 is 1.19 bits per heavy atom. The molecule has 1 unspecified atom stereocenters. The van der Waals surface area contributed by atoms with E-state index >= 15 is 0 Å². The fourth-order valence-electron chi connectivity index (χ4n) is 2.35. The van der Waals surface area contributed by atoms with Crippen molar-refractivity contribution >= 4 is 15.9 Å². The van der Waals surface area contributed by atoms with E-state index < -0.39 is 0 Å². The zero-order valence-electron chi connectivity index (χ0n) is 12.2. The maximum atomic E-state index is 14.4. The van der Waals surface area contributed by atoms with E-state index in [9.17, 15) is 4.39 Å². The van der Waals surface area contributed by atoms with Crippen molar-refractivity contribution in [3.05, 3.63) is 63.9 Å². The molecule has 0 spiro atoms. The van der Waals surface area contributed by atoms with Gasteiger partial charge in [-0.05, 0) is 36.7 Å². The maximum Gasteiger partial charge on any atom is 0.169 e. The van der Waals surface area contributed by atoms with Crippen LogP contribution >= 0.6 is 15.9 Å². The lowest BCUT2D eigenvalue weighted by molar-refractivity contribution is 0.379. The lowest BCUT2D eigenvalue weighted by atomic mass is 9.98. The molecule has 2 rings (SSSR count). The Labute approximate surface area is 133 Å². The first-order valence-electron chi connectivity index (χ1n) is 6.96. The molecule has 0 saturated carbocycles. The first-order chi connectivity index (χ1) is 10.2. The number of benzene rings is 2. The number of halogens is 2. The Morgan fingerprint density at radius 3 is 2.52 bits per heavy atom. The molecule has 4 heteroatoms. The minimum absolute atomic E-state index is 0.0775. The first-order valence-corrected chi connectivity index (χ1v) is 7.75. The summed E-state index contributed by atoms with van der Waals surface area (Å²) < 4.78 is 20.6. The third-order valence-corrected chi connectivity index (χ3v) is 3.92. The number of likely N-dealkylation sites (N-methyl/N-ethyl adjacent to an activating group) is 1. The summed E-state index contributed by atoms with van der Waals surface area (Å²) in [4.78, 5) is 0. The van der Waals surface area contributed by atoms with E-state index in [1.165, 1.54) is 7.11 Å². The zero-order chi connectivity index (χ0) is 15.2. The van der Waals surface area contributed by atoms with Gasteiger partial charge in [0, 0.05) is 16.1 Å². The molecule has 1 N–H and O–H groups in total. The highest BCUT2D eigenvalue weighted by Gasteiger charge is 2.18. The highest BCUT2D eigenvalue weighted by Crippen LogP contribution is 2.27. The van der Waals surface area contributed by atoms with E-state index in [4.69, 9.17) is 4.74 Å². The van der Waals surface area contributed by atoms with Gasteiger partial charge in [-0.2, -0.15) is 0 Å². The number of hydrogen-bond acceptors (Lipinski definition) is 2. The van der Waals surface area contributed by atoms with Crippen molar-refractivity contribution in [1.82, 2.24) is 5.32 Å². The van der Waals surface area contributed by atoms with E-state index in [2.05, 4.69) is 21.2 Å². The molecule has 0 fully saturated rings. The summed E-state index contributed by atoms with van der Waals surface area (Å²) in [6.07, 6.45) is 0.727. The minimum Gasteiger partial charge on any atom is -0.494 e. The van der Waals surface area contributed by atoms with Crippen LogP contribution in [0.2, 0.25) is 0 Å². The molecular formula is C17H19BrFNO. The van der Waals surface area contributed by atoms with Gasteiger partial charge in [0.1, 0.15) is 0 Å². The Hall–Kier alpha value is -1.39. The van der Waals surface area contributed by atoms with Crippen LogP contribution in [0, 0.1) is 5.82 Å². The molecule has 2 aromatic carbocycles. The molecule has 0 saturated heterocycles. The van der Waals surface area contributed by atoms with E-state index in [1.54, 1.807) is 6.07 Å². The standard InChI is InChI=1S/C17H19BrFNO/c1-3-20-15(11-12-7-9-13(18)10-8-12)14-5-4-6-16(21-2)17(14)19/h4-10,15,20H,3,11H2,1-2H3. The van der Waals surface area contributed by atoms with Gasteiger partial charge < -0.3 is 10.1 Å².